The SMILES string of the molecule is CC(C)CNC(=O)CNCC(C)C(N)=O. The molecule has 1 atom stereocenters. The Balaban J connectivity index is 3.51. The summed E-state index contributed by atoms with van der Waals surface area (Å²) in [5.41, 5.74) is 5.07. The molecule has 0 rings (SSSR count). The number of primary amides is 1. The number of hydrogen-bond donors (Lipinski definition) is 3. The molecule has 0 aromatic rings. The van der Waals surface area contributed by atoms with Crippen LogP contribution in [-0.4, -0.2) is 31.4 Å². The highest BCUT2D eigenvalue weighted by atomic mass is 16.2. The lowest BCUT2D eigenvalue weighted by Gasteiger charge is -2.10. The maximum Gasteiger partial charge on any atom is 0.233 e. The van der Waals surface area contributed by atoms with Gasteiger partial charge in [-0.15, -0.1) is 0 Å². The number of nitrogens with one attached hydrogen (secondary N) is 2. The fourth-order valence-corrected chi connectivity index (χ4v) is 0.883. The molecule has 4 N–H and O–H groups in total. The van der Waals surface area contributed by atoms with Gasteiger partial charge in [-0.3, -0.25) is 9.59 Å². The van der Waals surface area contributed by atoms with E-state index in [0.29, 0.717) is 19.0 Å². The Hall–Kier alpha value is -1.10. The zero-order valence-electron chi connectivity index (χ0n) is 9.67. The van der Waals surface area contributed by atoms with Crippen LogP contribution in [0.2, 0.25) is 0 Å². The summed E-state index contributed by atoms with van der Waals surface area (Å²) in [5, 5.41) is 5.64. The van der Waals surface area contributed by atoms with Crippen molar-refractivity contribution in [3.63, 3.8) is 0 Å². The molecule has 2 amide bonds. The molecule has 0 spiro atoms. The molecule has 1 unspecified atom stereocenters. The Kier molecular flexibility index (Phi) is 6.70. The van der Waals surface area contributed by atoms with Crippen LogP contribution in [0, 0.1) is 11.8 Å². The second-order valence-corrected chi connectivity index (χ2v) is 4.13. The first-order valence-electron chi connectivity index (χ1n) is 5.20. The highest BCUT2D eigenvalue weighted by molar-refractivity contribution is 5.78. The van der Waals surface area contributed by atoms with Crippen molar-refractivity contribution >= 4 is 11.8 Å². The molecule has 0 aliphatic carbocycles. The predicted octanol–water partition coefficient (Wildman–Crippen LogP) is -0.530. The summed E-state index contributed by atoms with van der Waals surface area (Å²) in [5.74, 6) is -0.216. The smallest absolute Gasteiger partial charge is 0.233 e. The number of carbonyl (C=O) groups is 2. The summed E-state index contributed by atoms with van der Waals surface area (Å²) >= 11 is 0. The summed E-state index contributed by atoms with van der Waals surface area (Å²) in [7, 11) is 0. The van der Waals surface area contributed by atoms with Gasteiger partial charge in [0.15, 0.2) is 0 Å². The highest BCUT2D eigenvalue weighted by Crippen LogP contribution is 1.89. The van der Waals surface area contributed by atoms with Crippen LogP contribution in [0.15, 0.2) is 0 Å². The molecule has 0 fully saturated rings. The van der Waals surface area contributed by atoms with Crippen LogP contribution in [0.1, 0.15) is 20.8 Å². The molecule has 0 heterocycles. The average Bonchev–Trinajstić information content (AvgIpc) is 2.14. The van der Waals surface area contributed by atoms with E-state index < -0.39 is 0 Å². The molecule has 0 bridgehead atoms. The minimum Gasteiger partial charge on any atom is -0.369 e. The first-order chi connectivity index (χ1) is 6.93. The zero-order valence-corrected chi connectivity index (χ0v) is 9.67. The van der Waals surface area contributed by atoms with Gasteiger partial charge in [0, 0.05) is 19.0 Å². The van der Waals surface area contributed by atoms with Crippen molar-refractivity contribution in [2.75, 3.05) is 19.6 Å². The zero-order chi connectivity index (χ0) is 11.8. The van der Waals surface area contributed by atoms with Crippen molar-refractivity contribution in [3.8, 4) is 0 Å². The lowest BCUT2D eigenvalue weighted by atomic mass is 10.2. The standard InChI is InChI=1S/C10H21N3O2/c1-7(2)4-13-9(14)6-12-5-8(3)10(11)15/h7-8,12H,4-6H2,1-3H3,(H2,11,15)(H,13,14). The van der Waals surface area contributed by atoms with E-state index in [2.05, 4.69) is 10.6 Å². The maximum atomic E-state index is 11.2. The van der Waals surface area contributed by atoms with Crippen molar-refractivity contribution in [2.45, 2.75) is 20.8 Å². The monoisotopic (exact) mass is 215 g/mol. The summed E-state index contributed by atoms with van der Waals surface area (Å²) in [6, 6.07) is 0. The Morgan fingerprint density at radius 3 is 2.27 bits per heavy atom. The largest absolute Gasteiger partial charge is 0.369 e. The molecule has 0 aromatic heterocycles. The first kappa shape index (κ1) is 13.9. The number of nitrogens with two attached hydrogens (primary N) is 1. The molecule has 0 saturated carbocycles. The van der Waals surface area contributed by atoms with Gasteiger partial charge in [-0.1, -0.05) is 20.8 Å². The van der Waals surface area contributed by atoms with Crippen molar-refractivity contribution in [3.05, 3.63) is 0 Å². The summed E-state index contributed by atoms with van der Waals surface area (Å²) < 4.78 is 0. The molecule has 5 nitrogen and oxygen atoms in total. The van der Waals surface area contributed by atoms with Gasteiger partial charge in [0.25, 0.3) is 0 Å². The van der Waals surface area contributed by atoms with Gasteiger partial charge in [-0.2, -0.15) is 0 Å². The maximum absolute atomic E-state index is 11.2. The number of hydrogen-bond acceptors (Lipinski definition) is 3. The Morgan fingerprint density at radius 1 is 1.20 bits per heavy atom. The predicted molar refractivity (Wildman–Crippen MR) is 59.1 cm³/mol. The van der Waals surface area contributed by atoms with Crippen molar-refractivity contribution < 1.29 is 9.59 Å². The van der Waals surface area contributed by atoms with E-state index in [1.807, 2.05) is 13.8 Å². The Labute approximate surface area is 90.8 Å². The summed E-state index contributed by atoms with van der Waals surface area (Å²) in [6.07, 6.45) is 0. The number of carbonyl (C=O) groups excluding carboxylic acids is 2. The van der Waals surface area contributed by atoms with Gasteiger partial charge in [-0.25, -0.2) is 0 Å². The van der Waals surface area contributed by atoms with Crippen molar-refractivity contribution in [1.82, 2.24) is 10.6 Å². The molecule has 0 aliphatic heterocycles. The quantitative estimate of drug-likeness (QED) is 0.534. The molecule has 0 aromatic carbocycles. The first-order valence-corrected chi connectivity index (χ1v) is 5.20. The van der Waals surface area contributed by atoms with Crippen LogP contribution in [0.5, 0.6) is 0 Å². The molecule has 0 aliphatic rings. The van der Waals surface area contributed by atoms with Gasteiger partial charge in [0.2, 0.25) is 11.8 Å². The van der Waals surface area contributed by atoms with Crippen LogP contribution in [0.25, 0.3) is 0 Å². The Morgan fingerprint density at radius 2 is 1.80 bits per heavy atom. The number of rotatable bonds is 7. The van der Waals surface area contributed by atoms with E-state index in [1.165, 1.54) is 0 Å². The van der Waals surface area contributed by atoms with Crippen LogP contribution in [0.3, 0.4) is 0 Å². The van der Waals surface area contributed by atoms with Crippen LogP contribution in [-0.2, 0) is 9.59 Å². The molecule has 15 heavy (non-hydrogen) atoms. The van der Waals surface area contributed by atoms with E-state index in [4.69, 9.17) is 5.73 Å². The molecular weight excluding hydrogens is 194 g/mol. The third kappa shape index (κ3) is 7.93. The van der Waals surface area contributed by atoms with Crippen molar-refractivity contribution in [1.29, 1.82) is 0 Å². The number of amides is 2. The van der Waals surface area contributed by atoms with E-state index in [1.54, 1.807) is 6.92 Å². The van der Waals surface area contributed by atoms with Gasteiger partial charge >= 0.3 is 0 Å². The minimum atomic E-state index is -0.356. The van der Waals surface area contributed by atoms with E-state index >= 15 is 0 Å². The molecule has 0 radical (unpaired) electrons. The lowest BCUT2D eigenvalue weighted by molar-refractivity contribution is -0.122. The molecule has 0 saturated heterocycles. The van der Waals surface area contributed by atoms with Gasteiger partial charge in [0.1, 0.15) is 0 Å². The van der Waals surface area contributed by atoms with Gasteiger partial charge < -0.3 is 16.4 Å². The van der Waals surface area contributed by atoms with Crippen LogP contribution < -0.4 is 16.4 Å². The highest BCUT2D eigenvalue weighted by Gasteiger charge is 2.08. The van der Waals surface area contributed by atoms with Crippen LogP contribution >= 0.6 is 0 Å². The molecular formula is C10H21N3O2. The van der Waals surface area contributed by atoms with Gasteiger partial charge in [0.05, 0.1) is 6.54 Å². The van der Waals surface area contributed by atoms with Crippen LogP contribution in [0.4, 0.5) is 0 Å². The van der Waals surface area contributed by atoms with E-state index in [-0.39, 0.29) is 24.3 Å². The van der Waals surface area contributed by atoms with E-state index in [0.717, 1.165) is 0 Å². The summed E-state index contributed by atoms with van der Waals surface area (Å²) in [4.78, 5) is 21.9. The summed E-state index contributed by atoms with van der Waals surface area (Å²) in [6.45, 7) is 7.12. The molecule has 88 valence electrons. The third-order valence-electron chi connectivity index (χ3n) is 1.93. The van der Waals surface area contributed by atoms with E-state index in [9.17, 15) is 9.59 Å². The second-order valence-electron chi connectivity index (χ2n) is 4.13. The fourth-order valence-electron chi connectivity index (χ4n) is 0.883. The lowest BCUT2D eigenvalue weighted by Crippen LogP contribution is -2.39. The Bertz CT molecular complexity index is 217. The van der Waals surface area contributed by atoms with Crippen molar-refractivity contribution in [2.24, 2.45) is 17.6 Å². The normalized spacial score (nSPS) is 12.5. The minimum absolute atomic E-state index is 0.0552. The second kappa shape index (κ2) is 7.23. The third-order valence-corrected chi connectivity index (χ3v) is 1.93. The topological polar surface area (TPSA) is 84.2 Å². The van der Waals surface area contributed by atoms with Gasteiger partial charge in [-0.05, 0) is 5.92 Å². The average molecular weight is 215 g/mol. The molecule has 5 heteroatoms. The fraction of sp³-hybridized carbons (Fsp3) is 0.800.